The number of hydrogen-bond donors (Lipinski definition) is 3. The molecule has 4 N–H and O–H groups in total. The molecule has 1 atom stereocenters. The number of nitrogens with two attached hydrogens (primary N) is 1. The van der Waals surface area contributed by atoms with Crippen molar-refractivity contribution in [3.05, 3.63) is 54.5 Å². The van der Waals surface area contributed by atoms with E-state index >= 15 is 0 Å². The van der Waals surface area contributed by atoms with Gasteiger partial charge in [-0.3, -0.25) is 4.79 Å². The number of carbonyl (C=O) groups excluding carboxylic acids is 1. The molecule has 0 fully saturated rings. The average molecular weight is 369 g/mol. The van der Waals surface area contributed by atoms with E-state index in [9.17, 15) is 9.90 Å². The molecule has 1 aromatic carbocycles. The number of aliphatic hydroxyl groups excluding tert-OH is 1. The summed E-state index contributed by atoms with van der Waals surface area (Å²) in [6, 6.07) is 11.2. The average Bonchev–Trinajstić information content (AvgIpc) is 3.09. The number of nitrogens with zero attached hydrogens (tertiary/aromatic N) is 3. The zero-order valence-corrected chi connectivity index (χ0v) is 14.9. The van der Waals surface area contributed by atoms with Crippen molar-refractivity contribution in [2.24, 2.45) is 5.73 Å². The van der Waals surface area contributed by atoms with Crippen molar-refractivity contribution in [2.45, 2.75) is 19.1 Å². The number of aromatic nitrogens is 3. The Hall–Kier alpha value is -2.97. The molecule has 1 unspecified atom stereocenters. The van der Waals surface area contributed by atoms with E-state index in [2.05, 4.69) is 25.9 Å². The molecule has 1 amide bonds. The van der Waals surface area contributed by atoms with Crippen LogP contribution in [0.2, 0.25) is 0 Å². The van der Waals surface area contributed by atoms with Crippen LogP contribution in [0.15, 0.2) is 48.9 Å². The van der Waals surface area contributed by atoms with Crippen LogP contribution >= 0.6 is 0 Å². The standard InChI is InChI=1S/C19H23N5O3/c20-18(26)15-5-3-9-22-19(15)27-12-14(25)11-21-8-4-10-24-13-23-16-6-1-2-7-17(16)24/h1-3,5-7,9,13-14,21,25H,4,8,10-12H2,(H2,20,26). The topological polar surface area (TPSA) is 115 Å². The van der Waals surface area contributed by atoms with Crippen molar-refractivity contribution < 1.29 is 14.6 Å². The predicted molar refractivity (Wildman–Crippen MR) is 101 cm³/mol. The number of aliphatic hydroxyl groups is 1. The first-order valence-corrected chi connectivity index (χ1v) is 8.81. The molecule has 0 aliphatic carbocycles. The summed E-state index contributed by atoms with van der Waals surface area (Å²) in [4.78, 5) is 19.6. The summed E-state index contributed by atoms with van der Waals surface area (Å²) in [6.45, 7) is 2.00. The largest absolute Gasteiger partial charge is 0.474 e. The van der Waals surface area contributed by atoms with E-state index in [0.717, 1.165) is 30.5 Å². The van der Waals surface area contributed by atoms with Crippen LogP contribution in [0, 0.1) is 0 Å². The van der Waals surface area contributed by atoms with Gasteiger partial charge in [-0.2, -0.15) is 0 Å². The van der Waals surface area contributed by atoms with E-state index in [-0.39, 0.29) is 18.1 Å². The predicted octanol–water partition coefficient (Wildman–Crippen LogP) is 0.950. The number of carbonyl (C=O) groups is 1. The maximum atomic E-state index is 11.3. The van der Waals surface area contributed by atoms with Gasteiger partial charge < -0.3 is 25.5 Å². The van der Waals surface area contributed by atoms with Crippen molar-refractivity contribution in [3.63, 3.8) is 0 Å². The number of benzene rings is 1. The molecule has 0 bridgehead atoms. The minimum atomic E-state index is -0.721. The first-order chi connectivity index (χ1) is 13.1. The molecule has 0 aliphatic heterocycles. The normalized spacial score (nSPS) is 12.2. The van der Waals surface area contributed by atoms with Crippen molar-refractivity contribution in [1.29, 1.82) is 0 Å². The van der Waals surface area contributed by atoms with Crippen LogP contribution in [0.5, 0.6) is 5.88 Å². The molecule has 0 saturated carbocycles. The summed E-state index contributed by atoms with van der Waals surface area (Å²) in [5.74, 6) is -0.478. The van der Waals surface area contributed by atoms with Crippen LogP contribution in [-0.2, 0) is 6.54 Å². The van der Waals surface area contributed by atoms with E-state index in [0.29, 0.717) is 6.54 Å². The Bertz CT molecular complexity index is 896. The Morgan fingerprint density at radius 1 is 1.26 bits per heavy atom. The summed E-state index contributed by atoms with van der Waals surface area (Å²) in [5.41, 5.74) is 7.57. The number of rotatable bonds is 10. The number of primary amides is 1. The molecule has 3 aromatic rings. The lowest BCUT2D eigenvalue weighted by Crippen LogP contribution is -2.32. The van der Waals surface area contributed by atoms with Crippen LogP contribution in [-0.4, -0.2) is 51.3 Å². The molecule has 0 spiro atoms. The molecule has 0 aliphatic rings. The number of fused-ring (bicyclic) bond motifs is 1. The lowest BCUT2D eigenvalue weighted by Gasteiger charge is -2.14. The van der Waals surface area contributed by atoms with Crippen molar-refractivity contribution >= 4 is 16.9 Å². The zero-order valence-electron chi connectivity index (χ0n) is 14.9. The van der Waals surface area contributed by atoms with Crippen molar-refractivity contribution in [3.8, 4) is 5.88 Å². The van der Waals surface area contributed by atoms with Crippen LogP contribution < -0.4 is 15.8 Å². The minimum absolute atomic E-state index is 0.0243. The first kappa shape index (κ1) is 18.8. The van der Waals surface area contributed by atoms with Gasteiger partial charge >= 0.3 is 0 Å². The highest BCUT2D eigenvalue weighted by Gasteiger charge is 2.12. The second-order valence-electron chi connectivity index (χ2n) is 6.17. The molecule has 0 radical (unpaired) electrons. The number of nitrogens with one attached hydrogen (secondary N) is 1. The molecule has 142 valence electrons. The van der Waals surface area contributed by atoms with Gasteiger partial charge in [-0.1, -0.05) is 12.1 Å². The van der Waals surface area contributed by atoms with Crippen LogP contribution in [0.4, 0.5) is 0 Å². The number of hydrogen-bond acceptors (Lipinski definition) is 6. The SMILES string of the molecule is NC(=O)c1cccnc1OCC(O)CNCCCn1cnc2ccccc21. The van der Waals surface area contributed by atoms with Gasteiger partial charge in [0.25, 0.3) is 5.91 Å². The summed E-state index contributed by atoms with van der Waals surface area (Å²) < 4.78 is 7.52. The lowest BCUT2D eigenvalue weighted by atomic mass is 10.2. The third-order valence-corrected chi connectivity index (χ3v) is 4.11. The van der Waals surface area contributed by atoms with Crippen LogP contribution in [0.25, 0.3) is 11.0 Å². The summed E-state index contributed by atoms with van der Waals surface area (Å²) in [6.07, 6.45) is 3.53. The highest BCUT2D eigenvalue weighted by Crippen LogP contribution is 2.13. The fourth-order valence-corrected chi connectivity index (χ4v) is 2.76. The highest BCUT2D eigenvalue weighted by molar-refractivity contribution is 5.94. The van der Waals surface area contributed by atoms with Gasteiger partial charge in [-0.05, 0) is 37.2 Å². The third kappa shape index (κ3) is 5.02. The second-order valence-corrected chi connectivity index (χ2v) is 6.17. The smallest absolute Gasteiger partial charge is 0.254 e. The zero-order chi connectivity index (χ0) is 19.1. The molecule has 8 nitrogen and oxygen atoms in total. The van der Waals surface area contributed by atoms with Crippen molar-refractivity contribution in [2.75, 3.05) is 19.7 Å². The third-order valence-electron chi connectivity index (χ3n) is 4.11. The Labute approximate surface area is 157 Å². The van der Waals surface area contributed by atoms with E-state index in [1.165, 1.54) is 12.3 Å². The minimum Gasteiger partial charge on any atom is -0.474 e. The number of imidazole rings is 1. The van der Waals surface area contributed by atoms with E-state index in [1.54, 1.807) is 6.07 Å². The van der Waals surface area contributed by atoms with Gasteiger partial charge in [-0.25, -0.2) is 9.97 Å². The monoisotopic (exact) mass is 369 g/mol. The molecule has 2 heterocycles. The molecule has 3 rings (SSSR count). The number of amides is 1. The quantitative estimate of drug-likeness (QED) is 0.458. The Kier molecular flexibility index (Phi) is 6.35. The Morgan fingerprint density at radius 3 is 2.96 bits per heavy atom. The van der Waals surface area contributed by atoms with Gasteiger partial charge in [0, 0.05) is 19.3 Å². The second kappa shape index (κ2) is 9.11. The Morgan fingerprint density at radius 2 is 2.11 bits per heavy atom. The van der Waals surface area contributed by atoms with Gasteiger partial charge in [0.2, 0.25) is 5.88 Å². The van der Waals surface area contributed by atoms with Crippen LogP contribution in [0.3, 0.4) is 0 Å². The van der Waals surface area contributed by atoms with Gasteiger partial charge in [0.1, 0.15) is 18.3 Å². The van der Waals surface area contributed by atoms with Crippen LogP contribution in [0.1, 0.15) is 16.8 Å². The summed E-state index contributed by atoms with van der Waals surface area (Å²) in [5, 5.41) is 13.2. The molecular formula is C19H23N5O3. The number of aryl methyl sites for hydroxylation is 1. The molecule has 27 heavy (non-hydrogen) atoms. The summed E-state index contributed by atoms with van der Waals surface area (Å²) >= 11 is 0. The first-order valence-electron chi connectivity index (χ1n) is 8.81. The maximum absolute atomic E-state index is 11.3. The van der Waals surface area contributed by atoms with E-state index in [1.807, 2.05) is 24.5 Å². The number of pyridine rings is 1. The fourth-order valence-electron chi connectivity index (χ4n) is 2.76. The van der Waals surface area contributed by atoms with E-state index < -0.39 is 12.0 Å². The maximum Gasteiger partial charge on any atom is 0.254 e. The van der Waals surface area contributed by atoms with Gasteiger partial charge in [0.05, 0.1) is 17.4 Å². The molecule has 8 heteroatoms. The van der Waals surface area contributed by atoms with Crippen molar-refractivity contribution in [1.82, 2.24) is 19.9 Å². The highest BCUT2D eigenvalue weighted by atomic mass is 16.5. The Balaban J connectivity index is 1.36. The molecule has 2 aromatic heterocycles. The lowest BCUT2D eigenvalue weighted by molar-refractivity contribution is 0.0953. The number of para-hydroxylation sites is 2. The number of ether oxygens (including phenoxy) is 1. The fraction of sp³-hybridized carbons (Fsp3) is 0.316. The summed E-state index contributed by atoms with van der Waals surface area (Å²) in [7, 11) is 0. The molecular weight excluding hydrogens is 346 g/mol. The molecule has 0 saturated heterocycles. The van der Waals surface area contributed by atoms with E-state index in [4.69, 9.17) is 10.5 Å². The van der Waals surface area contributed by atoms with Gasteiger partial charge in [-0.15, -0.1) is 0 Å². The van der Waals surface area contributed by atoms with Gasteiger partial charge in [0.15, 0.2) is 0 Å².